The number of amides is 1. The number of benzene rings is 1. The fourth-order valence-corrected chi connectivity index (χ4v) is 3.33. The van der Waals surface area contributed by atoms with Crippen LogP contribution in [0.3, 0.4) is 0 Å². The number of fused-ring (bicyclic) bond motifs is 1. The van der Waals surface area contributed by atoms with Gasteiger partial charge in [0.2, 0.25) is 0 Å². The summed E-state index contributed by atoms with van der Waals surface area (Å²) in [4.78, 5) is 11.6. The van der Waals surface area contributed by atoms with Crippen molar-refractivity contribution >= 4 is 29.0 Å². The topological polar surface area (TPSA) is 50.4 Å². The average Bonchev–Trinajstić information content (AvgIpc) is 2.84. The minimum absolute atomic E-state index is 0.0870. The van der Waals surface area contributed by atoms with Crippen molar-refractivity contribution in [2.45, 2.75) is 25.5 Å². The van der Waals surface area contributed by atoms with E-state index in [9.17, 15) is 4.79 Å². The predicted octanol–water partition coefficient (Wildman–Crippen LogP) is 2.32. The minimum atomic E-state index is -0.414. The van der Waals surface area contributed by atoms with Crippen molar-refractivity contribution in [2.75, 3.05) is 22.1 Å². The van der Waals surface area contributed by atoms with Crippen LogP contribution < -0.4 is 15.4 Å². The number of ether oxygens (including phenoxy) is 1. The lowest BCUT2D eigenvalue weighted by atomic mass is 10.2. The molecule has 2 aliphatic heterocycles. The second-order valence-corrected chi connectivity index (χ2v) is 5.81. The zero-order valence-corrected chi connectivity index (χ0v) is 11.0. The van der Waals surface area contributed by atoms with Gasteiger partial charge in [-0.05, 0) is 37.3 Å². The molecule has 0 spiro atoms. The molecule has 1 aromatic carbocycles. The van der Waals surface area contributed by atoms with Gasteiger partial charge in [0, 0.05) is 17.5 Å². The van der Waals surface area contributed by atoms with Gasteiger partial charge in [-0.3, -0.25) is 4.79 Å². The van der Waals surface area contributed by atoms with E-state index in [1.807, 2.05) is 30.0 Å². The number of hydrogen-bond donors (Lipinski definition) is 2. The number of thioether (sulfide) groups is 1. The third-order valence-corrected chi connectivity index (χ3v) is 4.37. The number of hydrogen-bond acceptors (Lipinski definition) is 4. The lowest BCUT2D eigenvalue weighted by Crippen LogP contribution is -2.34. The Bertz CT molecular complexity index is 472. The Balaban J connectivity index is 1.78. The van der Waals surface area contributed by atoms with Crippen molar-refractivity contribution in [3.05, 3.63) is 18.2 Å². The summed E-state index contributed by atoms with van der Waals surface area (Å²) in [5, 5.41) is 6.36. The first kappa shape index (κ1) is 11.7. The summed E-state index contributed by atoms with van der Waals surface area (Å²) >= 11 is 1.97. The highest BCUT2D eigenvalue weighted by molar-refractivity contribution is 7.99. The van der Waals surface area contributed by atoms with Crippen molar-refractivity contribution < 1.29 is 9.53 Å². The largest absolute Gasteiger partial charge is 0.479 e. The van der Waals surface area contributed by atoms with Gasteiger partial charge in [0.15, 0.2) is 6.10 Å². The molecule has 0 saturated carbocycles. The van der Waals surface area contributed by atoms with E-state index in [1.54, 1.807) is 6.92 Å². The van der Waals surface area contributed by atoms with E-state index in [0.29, 0.717) is 6.04 Å². The van der Waals surface area contributed by atoms with Gasteiger partial charge in [-0.15, -0.1) is 0 Å². The molecule has 1 aromatic rings. The first-order chi connectivity index (χ1) is 8.72. The van der Waals surface area contributed by atoms with Crippen molar-refractivity contribution in [1.29, 1.82) is 0 Å². The van der Waals surface area contributed by atoms with Gasteiger partial charge in [0.05, 0.1) is 5.69 Å². The molecule has 18 heavy (non-hydrogen) atoms. The Kier molecular flexibility index (Phi) is 3.07. The molecule has 96 valence electrons. The standard InChI is InChI=1S/C13H16N2O2S/c1-8-13(16)15-11-6-9(2-3-12(11)17-8)14-10-4-5-18-7-10/h2-3,6,8,10,14H,4-5,7H2,1H3,(H,15,16). The Morgan fingerprint density at radius 3 is 3.17 bits per heavy atom. The van der Waals surface area contributed by atoms with Crippen LogP contribution in [0, 0.1) is 0 Å². The molecule has 2 atom stereocenters. The molecule has 2 N–H and O–H groups in total. The number of rotatable bonds is 2. The lowest BCUT2D eigenvalue weighted by Gasteiger charge is -2.24. The zero-order valence-electron chi connectivity index (χ0n) is 10.2. The highest BCUT2D eigenvalue weighted by Gasteiger charge is 2.24. The number of carbonyl (C=O) groups is 1. The van der Waals surface area contributed by atoms with E-state index in [2.05, 4.69) is 10.6 Å². The Morgan fingerprint density at radius 1 is 1.50 bits per heavy atom. The van der Waals surface area contributed by atoms with E-state index in [-0.39, 0.29) is 5.91 Å². The highest BCUT2D eigenvalue weighted by atomic mass is 32.2. The van der Waals surface area contributed by atoms with Crippen LogP contribution in [0.5, 0.6) is 5.75 Å². The molecular weight excluding hydrogens is 248 g/mol. The smallest absolute Gasteiger partial charge is 0.265 e. The van der Waals surface area contributed by atoms with Crippen molar-refractivity contribution in [1.82, 2.24) is 0 Å². The van der Waals surface area contributed by atoms with Gasteiger partial charge in [0.25, 0.3) is 5.91 Å². The molecule has 2 heterocycles. The normalized spacial score (nSPS) is 26.2. The van der Waals surface area contributed by atoms with Gasteiger partial charge < -0.3 is 15.4 Å². The number of carbonyl (C=O) groups excluding carboxylic acids is 1. The Labute approximate surface area is 110 Å². The van der Waals surface area contributed by atoms with E-state index >= 15 is 0 Å². The molecule has 0 aliphatic carbocycles. The number of nitrogens with one attached hydrogen (secondary N) is 2. The van der Waals surface area contributed by atoms with Gasteiger partial charge in [-0.1, -0.05) is 0 Å². The second-order valence-electron chi connectivity index (χ2n) is 4.67. The summed E-state index contributed by atoms with van der Waals surface area (Å²) in [5.41, 5.74) is 1.80. The maximum atomic E-state index is 11.6. The molecule has 1 amide bonds. The first-order valence-corrected chi connectivity index (χ1v) is 7.34. The van der Waals surface area contributed by atoms with Crippen LogP contribution in [0.4, 0.5) is 11.4 Å². The van der Waals surface area contributed by atoms with E-state index in [1.165, 1.54) is 12.2 Å². The summed E-state index contributed by atoms with van der Waals surface area (Å²) < 4.78 is 5.53. The van der Waals surface area contributed by atoms with Crippen molar-refractivity contribution in [2.24, 2.45) is 0 Å². The van der Waals surface area contributed by atoms with Gasteiger partial charge >= 0.3 is 0 Å². The summed E-state index contributed by atoms with van der Waals surface area (Å²) in [5.74, 6) is 3.03. The zero-order chi connectivity index (χ0) is 12.5. The van der Waals surface area contributed by atoms with Gasteiger partial charge in [-0.2, -0.15) is 11.8 Å². The van der Waals surface area contributed by atoms with Gasteiger partial charge in [-0.25, -0.2) is 0 Å². The molecule has 2 aliphatic rings. The summed E-state index contributed by atoms with van der Waals surface area (Å²) in [6.45, 7) is 1.75. The molecule has 0 radical (unpaired) electrons. The molecule has 0 aromatic heterocycles. The molecule has 1 saturated heterocycles. The summed E-state index contributed by atoms with van der Waals surface area (Å²) in [7, 11) is 0. The minimum Gasteiger partial charge on any atom is -0.479 e. The van der Waals surface area contributed by atoms with E-state index in [0.717, 1.165) is 22.9 Å². The molecule has 5 heteroatoms. The quantitative estimate of drug-likeness (QED) is 0.860. The predicted molar refractivity (Wildman–Crippen MR) is 74.5 cm³/mol. The van der Waals surface area contributed by atoms with Crippen LogP contribution in [0.1, 0.15) is 13.3 Å². The van der Waals surface area contributed by atoms with Crippen molar-refractivity contribution in [3.63, 3.8) is 0 Å². The second kappa shape index (κ2) is 4.72. The van der Waals surface area contributed by atoms with Crippen LogP contribution in [0.25, 0.3) is 0 Å². The first-order valence-electron chi connectivity index (χ1n) is 6.18. The molecular formula is C13H16N2O2S. The third-order valence-electron chi connectivity index (χ3n) is 3.21. The maximum absolute atomic E-state index is 11.6. The number of anilines is 2. The van der Waals surface area contributed by atoms with Crippen LogP contribution >= 0.6 is 11.8 Å². The fraction of sp³-hybridized carbons (Fsp3) is 0.462. The van der Waals surface area contributed by atoms with Crippen LogP contribution in [-0.4, -0.2) is 29.6 Å². The van der Waals surface area contributed by atoms with Crippen molar-refractivity contribution in [3.8, 4) is 5.75 Å². The molecule has 1 fully saturated rings. The Hall–Kier alpha value is -1.36. The molecule has 4 nitrogen and oxygen atoms in total. The molecule has 0 bridgehead atoms. The van der Waals surface area contributed by atoms with Crippen LogP contribution in [0.2, 0.25) is 0 Å². The highest BCUT2D eigenvalue weighted by Crippen LogP contribution is 2.33. The summed E-state index contributed by atoms with van der Waals surface area (Å²) in [6, 6.07) is 6.40. The summed E-state index contributed by atoms with van der Waals surface area (Å²) in [6.07, 6.45) is 0.782. The van der Waals surface area contributed by atoms with E-state index in [4.69, 9.17) is 4.74 Å². The fourth-order valence-electron chi connectivity index (χ4n) is 2.18. The molecule has 3 rings (SSSR count). The monoisotopic (exact) mass is 264 g/mol. The third kappa shape index (κ3) is 2.27. The SMILES string of the molecule is CC1Oc2ccc(NC3CCSC3)cc2NC1=O. The van der Waals surface area contributed by atoms with E-state index < -0.39 is 6.10 Å². The molecule has 2 unspecified atom stereocenters. The Morgan fingerprint density at radius 2 is 2.39 bits per heavy atom. The van der Waals surface area contributed by atoms with Crippen LogP contribution in [-0.2, 0) is 4.79 Å². The van der Waals surface area contributed by atoms with Gasteiger partial charge in [0.1, 0.15) is 5.75 Å². The van der Waals surface area contributed by atoms with Crippen LogP contribution in [0.15, 0.2) is 18.2 Å². The average molecular weight is 264 g/mol. The maximum Gasteiger partial charge on any atom is 0.265 e. The lowest BCUT2D eigenvalue weighted by molar-refractivity contribution is -0.122.